The third-order valence-corrected chi connectivity index (χ3v) is 1.67. The molecule has 0 saturated heterocycles. The van der Waals surface area contributed by atoms with Crippen LogP contribution < -0.4 is 5.32 Å². The molecule has 0 amide bonds. The van der Waals surface area contributed by atoms with Crippen molar-refractivity contribution >= 4 is 18.2 Å². The summed E-state index contributed by atoms with van der Waals surface area (Å²) in [4.78, 5) is 11.7. The number of benzene rings is 1. The average Bonchev–Trinajstić information content (AvgIpc) is 2.15. The van der Waals surface area contributed by atoms with E-state index in [-0.39, 0.29) is 18.2 Å². The number of rotatable bonds is 3. The Balaban J connectivity index is 0.00000225. The van der Waals surface area contributed by atoms with Gasteiger partial charge in [-0.1, -0.05) is 30.3 Å². The summed E-state index contributed by atoms with van der Waals surface area (Å²) in [6, 6.07) is 7.92. The molecule has 0 aliphatic heterocycles. The van der Waals surface area contributed by atoms with E-state index in [1.807, 2.05) is 0 Å². The van der Waals surface area contributed by atoms with Gasteiger partial charge in [0.25, 0.3) is 0 Å². The fourth-order valence-electron chi connectivity index (χ4n) is 0.918. The van der Waals surface area contributed by atoms with Crippen LogP contribution >= 0.6 is 12.4 Å². The van der Waals surface area contributed by atoms with Crippen LogP contribution in [0.1, 0.15) is 21.4 Å². The third kappa shape index (κ3) is 3.17. The number of carbonyl (C=O) groups is 1. The Labute approximate surface area is 89.0 Å². The van der Waals surface area contributed by atoms with Gasteiger partial charge in [0.1, 0.15) is 0 Å². The molecule has 0 fully saturated rings. The van der Waals surface area contributed by atoms with Crippen LogP contribution in [0.2, 0.25) is 0 Å². The molecule has 13 heavy (non-hydrogen) atoms. The van der Waals surface area contributed by atoms with Crippen molar-refractivity contribution in [3.05, 3.63) is 35.9 Å². The first-order valence-corrected chi connectivity index (χ1v) is 3.77. The number of Topliss-reactive ketones (excluding diaryl/α,β-unsaturated/α-hetero) is 1. The van der Waals surface area contributed by atoms with Crippen LogP contribution in [0.4, 0.5) is 0 Å². The number of nitrogens with one attached hydrogen (secondary N) is 1. The maximum Gasteiger partial charge on any atom is 0.179 e. The molecule has 2 nitrogen and oxygen atoms in total. The lowest BCUT2D eigenvalue weighted by atomic mass is 10.1. The zero-order chi connectivity index (χ0) is 11.5. The van der Waals surface area contributed by atoms with Crippen molar-refractivity contribution in [3.8, 4) is 0 Å². The van der Waals surface area contributed by atoms with E-state index in [0.717, 1.165) is 0 Å². The van der Waals surface area contributed by atoms with Crippen molar-refractivity contribution in [2.75, 3.05) is 6.98 Å². The molecular formula is C10H14ClNO. The second kappa shape index (κ2) is 5.73. The largest absolute Gasteiger partial charge is 0.310 e. The Kier molecular flexibility index (Phi) is 3.32. The van der Waals surface area contributed by atoms with Gasteiger partial charge in [0.2, 0.25) is 0 Å². The summed E-state index contributed by atoms with van der Waals surface area (Å²) < 4.78 is 21.0. The molecule has 1 unspecified atom stereocenters. The zero-order valence-corrected chi connectivity index (χ0v) is 8.10. The van der Waals surface area contributed by atoms with Gasteiger partial charge in [-0.3, -0.25) is 4.79 Å². The second-order valence-electron chi connectivity index (χ2n) is 2.60. The van der Waals surface area contributed by atoms with Crippen molar-refractivity contribution in [2.24, 2.45) is 0 Å². The van der Waals surface area contributed by atoms with E-state index in [2.05, 4.69) is 5.32 Å². The first-order chi connectivity index (χ1) is 6.90. The van der Waals surface area contributed by atoms with E-state index in [4.69, 9.17) is 4.11 Å². The van der Waals surface area contributed by atoms with Crippen LogP contribution in [0.15, 0.2) is 30.3 Å². The normalized spacial score (nSPS) is 15.9. The fourth-order valence-corrected chi connectivity index (χ4v) is 0.918. The van der Waals surface area contributed by atoms with E-state index in [1.54, 1.807) is 37.3 Å². The predicted octanol–water partition coefficient (Wildman–Crippen LogP) is 1.90. The minimum absolute atomic E-state index is 0. The molecule has 0 radical (unpaired) electrons. The first kappa shape index (κ1) is 7.54. The number of halogens is 1. The quantitative estimate of drug-likeness (QED) is 0.759. The van der Waals surface area contributed by atoms with Gasteiger partial charge in [-0.15, -0.1) is 12.4 Å². The summed E-state index contributed by atoms with van der Waals surface area (Å²) >= 11 is 0. The van der Waals surface area contributed by atoms with E-state index in [9.17, 15) is 4.79 Å². The van der Waals surface area contributed by atoms with Gasteiger partial charge >= 0.3 is 0 Å². The Morgan fingerprint density at radius 1 is 1.46 bits per heavy atom. The van der Waals surface area contributed by atoms with Crippen molar-refractivity contribution in [3.63, 3.8) is 0 Å². The van der Waals surface area contributed by atoms with Gasteiger partial charge in [-0.25, -0.2) is 0 Å². The van der Waals surface area contributed by atoms with Crippen LogP contribution in [0.25, 0.3) is 0 Å². The Bertz CT molecular complexity index is 340. The molecule has 1 N–H and O–H groups in total. The molecular weight excluding hydrogens is 186 g/mol. The zero-order valence-electron chi connectivity index (χ0n) is 10.3. The summed E-state index contributed by atoms with van der Waals surface area (Å²) in [5.74, 6) is -0.216. The Hall–Kier alpha value is -0.860. The molecule has 1 atom stereocenters. The minimum atomic E-state index is -2.29. The van der Waals surface area contributed by atoms with Crippen LogP contribution in [0, 0.1) is 0 Å². The maximum absolute atomic E-state index is 11.7. The number of hydrogen-bond donors (Lipinski definition) is 1. The van der Waals surface area contributed by atoms with Crippen molar-refractivity contribution < 1.29 is 8.91 Å². The van der Waals surface area contributed by atoms with E-state index in [0.29, 0.717) is 5.56 Å². The summed E-state index contributed by atoms with van der Waals surface area (Å²) in [6.45, 7) is -0.744. The lowest BCUT2D eigenvalue weighted by Crippen LogP contribution is -2.30. The molecule has 0 bridgehead atoms. The molecule has 0 heterocycles. The SMILES string of the molecule is Cl.[2H]C([2H])([2H])NC(C)C(=O)c1ccccc1. The highest BCUT2D eigenvalue weighted by Gasteiger charge is 2.11. The van der Waals surface area contributed by atoms with Gasteiger partial charge in [0, 0.05) is 9.68 Å². The first-order valence-electron chi connectivity index (χ1n) is 5.27. The van der Waals surface area contributed by atoms with Crippen LogP contribution in [-0.2, 0) is 0 Å². The average molecular weight is 203 g/mol. The Morgan fingerprint density at radius 2 is 2.08 bits per heavy atom. The topological polar surface area (TPSA) is 29.1 Å². The van der Waals surface area contributed by atoms with Crippen molar-refractivity contribution in [2.45, 2.75) is 13.0 Å². The molecule has 0 aromatic heterocycles. The molecule has 0 saturated carbocycles. The molecule has 72 valence electrons. The van der Waals surface area contributed by atoms with Crippen molar-refractivity contribution in [1.82, 2.24) is 5.32 Å². The summed E-state index contributed by atoms with van der Waals surface area (Å²) in [5.41, 5.74) is 0.516. The summed E-state index contributed by atoms with van der Waals surface area (Å²) in [6.07, 6.45) is 0. The van der Waals surface area contributed by atoms with Gasteiger partial charge in [-0.05, 0) is 13.9 Å². The van der Waals surface area contributed by atoms with E-state index in [1.165, 1.54) is 0 Å². The highest BCUT2D eigenvalue weighted by atomic mass is 35.5. The van der Waals surface area contributed by atoms with Gasteiger partial charge in [0.15, 0.2) is 5.78 Å². The van der Waals surface area contributed by atoms with Gasteiger partial charge in [-0.2, -0.15) is 0 Å². The minimum Gasteiger partial charge on any atom is -0.310 e. The smallest absolute Gasteiger partial charge is 0.179 e. The van der Waals surface area contributed by atoms with Crippen LogP contribution in [0.5, 0.6) is 0 Å². The highest BCUT2D eigenvalue weighted by molar-refractivity contribution is 5.99. The van der Waals surface area contributed by atoms with Crippen LogP contribution in [-0.4, -0.2) is 18.8 Å². The standard InChI is InChI=1S/C10H13NO.ClH/c1-8(11-2)10(12)9-6-4-3-5-7-9;/h3-8,11H,1-2H3;1H/i2D3;. The highest BCUT2D eigenvalue weighted by Crippen LogP contribution is 2.02. The predicted molar refractivity (Wildman–Crippen MR) is 56.5 cm³/mol. The lowest BCUT2D eigenvalue weighted by Gasteiger charge is -2.07. The summed E-state index contributed by atoms with van der Waals surface area (Å²) in [7, 11) is 0. The van der Waals surface area contributed by atoms with Crippen LogP contribution in [0.3, 0.4) is 0 Å². The lowest BCUT2D eigenvalue weighted by molar-refractivity contribution is 0.0955. The maximum atomic E-state index is 11.7. The molecule has 0 aliphatic carbocycles. The van der Waals surface area contributed by atoms with E-state index >= 15 is 0 Å². The molecule has 0 aliphatic rings. The Morgan fingerprint density at radius 3 is 2.62 bits per heavy atom. The van der Waals surface area contributed by atoms with Crippen molar-refractivity contribution in [1.29, 1.82) is 0 Å². The molecule has 1 aromatic rings. The third-order valence-electron chi connectivity index (χ3n) is 1.67. The molecule has 3 heteroatoms. The number of ketones is 1. The fraction of sp³-hybridized carbons (Fsp3) is 0.300. The van der Waals surface area contributed by atoms with E-state index < -0.39 is 13.0 Å². The van der Waals surface area contributed by atoms with Gasteiger partial charge < -0.3 is 5.32 Å². The molecule has 1 aromatic carbocycles. The molecule has 0 spiro atoms. The number of carbonyl (C=O) groups excluding carboxylic acids is 1. The number of likely N-dealkylation sites (N-methyl/N-ethyl adjacent to an activating group) is 1. The number of hydrogen-bond acceptors (Lipinski definition) is 2. The molecule has 1 rings (SSSR count). The second-order valence-corrected chi connectivity index (χ2v) is 2.60. The summed E-state index contributed by atoms with van der Waals surface area (Å²) in [5, 5.41) is 2.27. The van der Waals surface area contributed by atoms with Gasteiger partial charge in [0.05, 0.1) is 6.04 Å². The monoisotopic (exact) mass is 202 g/mol.